The fraction of sp³-hybridized carbons (Fsp3) is 0.674. The highest BCUT2D eigenvalue weighted by Crippen LogP contribution is 2.66. The van der Waals surface area contributed by atoms with E-state index in [9.17, 15) is 8.42 Å². The monoisotopic (exact) mass is 724 g/mol. The maximum absolute atomic E-state index is 15.4. The maximum atomic E-state index is 15.4. The zero-order chi connectivity index (χ0) is 35.1. The van der Waals surface area contributed by atoms with Crippen LogP contribution in [0, 0.1) is 65.6 Å². The van der Waals surface area contributed by atoms with Crippen LogP contribution in [0.1, 0.15) is 88.2 Å². The predicted molar refractivity (Wildman–Crippen MR) is 194 cm³/mol. The summed E-state index contributed by atoms with van der Waals surface area (Å²) in [5, 5.41) is 3.76. The van der Waals surface area contributed by atoms with Crippen LogP contribution in [0.4, 0.5) is 5.69 Å². The molecular formula is C43H52N2O6S. The highest BCUT2D eigenvalue weighted by atomic mass is 32.2. The van der Waals surface area contributed by atoms with Crippen LogP contribution in [0.25, 0.3) is 0 Å². The minimum Gasteiger partial charge on any atom is -0.461 e. The van der Waals surface area contributed by atoms with E-state index in [1.807, 2.05) is 37.3 Å². The number of hydrogen-bond acceptors (Lipinski definition) is 7. The van der Waals surface area contributed by atoms with Crippen molar-refractivity contribution in [2.75, 3.05) is 18.4 Å². The summed E-state index contributed by atoms with van der Waals surface area (Å²) in [5.74, 6) is 3.25. The molecule has 11 aliphatic rings. The number of fused-ring (bicyclic) bond motifs is 1. The first kappa shape index (κ1) is 32.5. The molecule has 2 aliphatic heterocycles. The molecule has 0 amide bonds. The van der Waals surface area contributed by atoms with Crippen LogP contribution < -0.4 is 5.32 Å². The summed E-state index contributed by atoms with van der Waals surface area (Å²) < 4.78 is 43.6. The van der Waals surface area contributed by atoms with E-state index in [4.69, 9.17) is 9.47 Å². The molecule has 0 radical (unpaired) electrons. The van der Waals surface area contributed by atoms with Gasteiger partial charge < -0.3 is 14.8 Å². The number of rotatable bonds is 6. The average molecular weight is 725 g/mol. The van der Waals surface area contributed by atoms with Gasteiger partial charge >= 0.3 is 11.9 Å². The number of sulfonamides is 1. The SMILES string of the molecule is Cc1ccc(S(=O)(=O)N2CC[C@]34c5ccccc5N[C@H]3C(C(=O)OC3C5CC6CC(C5)CC3C6)(C(=O)OC3C5CC6CC(C5)CC3C6)C[C@H]4C2)cc1. The Morgan fingerprint density at radius 1 is 0.731 bits per heavy atom. The van der Waals surface area contributed by atoms with Crippen molar-refractivity contribution in [3.63, 3.8) is 0 Å². The second-order valence-electron chi connectivity index (χ2n) is 19.1. The Morgan fingerprint density at radius 3 is 1.79 bits per heavy atom. The van der Waals surface area contributed by atoms with Gasteiger partial charge in [0.1, 0.15) is 12.2 Å². The fourth-order valence-corrected chi connectivity index (χ4v) is 16.2. The Labute approximate surface area is 307 Å². The number of esters is 2. The van der Waals surface area contributed by atoms with E-state index in [-0.39, 0.29) is 36.0 Å². The maximum Gasteiger partial charge on any atom is 0.325 e. The molecular weight excluding hydrogens is 673 g/mol. The lowest BCUT2D eigenvalue weighted by Crippen LogP contribution is -2.59. The zero-order valence-electron chi connectivity index (χ0n) is 30.3. The lowest BCUT2D eigenvalue weighted by atomic mass is 9.55. The number of carbonyl (C=O) groups is 2. The van der Waals surface area contributed by atoms with Crippen LogP contribution in [0.15, 0.2) is 53.4 Å². The molecule has 10 fully saturated rings. The number of para-hydroxylation sites is 1. The third-order valence-corrected chi connectivity index (χ3v) is 18.3. The third-order valence-electron chi connectivity index (χ3n) is 16.4. The van der Waals surface area contributed by atoms with Crippen LogP contribution in [-0.4, -0.2) is 56.0 Å². The third kappa shape index (κ3) is 4.50. The largest absolute Gasteiger partial charge is 0.461 e. The normalized spacial score (nSPS) is 44.9. The first-order valence-electron chi connectivity index (χ1n) is 20.5. The molecule has 9 aliphatic carbocycles. The average Bonchev–Trinajstić information content (AvgIpc) is 3.60. The molecule has 0 unspecified atom stereocenters. The Bertz CT molecular complexity index is 1810. The molecule has 1 spiro atoms. The van der Waals surface area contributed by atoms with E-state index in [2.05, 4.69) is 11.4 Å². The number of benzene rings is 2. The predicted octanol–water partition coefficient (Wildman–Crippen LogP) is 6.86. The topological polar surface area (TPSA) is 102 Å². The van der Waals surface area contributed by atoms with Crippen LogP contribution in [0.3, 0.4) is 0 Å². The zero-order valence-corrected chi connectivity index (χ0v) is 31.1. The van der Waals surface area contributed by atoms with Gasteiger partial charge in [0.15, 0.2) is 5.41 Å². The van der Waals surface area contributed by atoms with Gasteiger partial charge in [0.25, 0.3) is 0 Å². The number of anilines is 1. The highest BCUT2D eigenvalue weighted by molar-refractivity contribution is 7.89. The quantitative estimate of drug-likeness (QED) is 0.257. The number of aryl methyl sites for hydroxylation is 1. The molecule has 8 nitrogen and oxygen atoms in total. The second-order valence-corrected chi connectivity index (χ2v) is 21.0. The summed E-state index contributed by atoms with van der Waals surface area (Å²) in [6.07, 6.45) is 11.9. The first-order valence-corrected chi connectivity index (χ1v) is 21.9. The molecule has 1 saturated heterocycles. The lowest BCUT2D eigenvalue weighted by Gasteiger charge is -2.54. The number of ether oxygens (including phenoxy) is 2. The van der Waals surface area contributed by atoms with Crippen LogP contribution in [0.5, 0.6) is 0 Å². The number of carbonyl (C=O) groups excluding carboxylic acids is 2. The number of piperidine rings is 1. The molecule has 13 rings (SSSR count). The van der Waals surface area contributed by atoms with Gasteiger partial charge in [0.2, 0.25) is 10.0 Å². The number of nitrogens with zero attached hydrogens (tertiary/aromatic N) is 1. The van der Waals surface area contributed by atoms with E-state index in [1.165, 1.54) is 12.8 Å². The molecule has 2 aromatic rings. The molecule has 3 atom stereocenters. The van der Waals surface area contributed by atoms with Crippen molar-refractivity contribution in [2.45, 2.75) is 113 Å². The van der Waals surface area contributed by atoms with Gasteiger partial charge in [-0.2, -0.15) is 4.31 Å². The fourth-order valence-electron chi connectivity index (χ4n) is 14.7. The van der Waals surface area contributed by atoms with Crippen molar-refractivity contribution < 1.29 is 27.5 Å². The Kier molecular flexibility index (Phi) is 7.07. The molecule has 9 heteroatoms. The number of nitrogens with one attached hydrogen (secondary N) is 1. The van der Waals surface area contributed by atoms with Crippen molar-refractivity contribution in [1.82, 2.24) is 4.31 Å². The van der Waals surface area contributed by atoms with Gasteiger partial charge in [-0.05, 0) is 161 Å². The minimum atomic E-state index is -3.79. The van der Waals surface area contributed by atoms with E-state index >= 15 is 9.59 Å². The number of hydrogen-bond donors (Lipinski definition) is 1. The standard InChI is InChI=1S/C43H52N2O6S/c1-24-6-8-34(9-7-24)52(48,49)45-11-10-42-33(23-45)22-43(39(42)44-36-5-3-2-4-35(36)42,40(46)50-37-29-14-25-12-26(16-29)17-30(37)15-25)41(47)51-38-31-18-27-13-28(20-31)21-32(38)19-27/h2-9,25-33,37-39,44H,10-23H2,1H3/t25?,26?,27?,28?,29?,30?,31?,32?,33-,37?,38?,39+,42-,43?/m0/s1. The highest BCUT2D eigenvalue weighted by Gasteiger charge is 2.75. The molecule has 2 heterocycles. The molecule has 9 saturated carbocycles. The molecule has 8 bridgehead atoms. The van der Waals surface area contributed by atoms with E-state index in [1.54, 1.807) is 16.4 Å². The van der Waals surface area contributed by atoms with Crippen molar-refractivity contribution >= 4 is 27.6 Å². The van der Waals surface area contributed by atoms with Gasteiger partial charge in [0.05, 0.1) is 10.9 Å². The van der Waals surface area contributed by atoms with Crippen molar-refractivity contribution in [3.8, 4) is 0 Å². The summed E-state index contributed by atoms with van der Waals surface area (Å²) >= 11 is 0. The van der Waals surface area contributed by atoms with E-state index in [0.717, 1.165) is 91.9 Å². The van der Waals surface area contributed by atoms with E-state index in [0.29, 0.717) is 36.6 Å². The van der Waals surface area contributed by atoms with Crippen molar-refractivity contribution in [1.29, 1.82) is 0 Å². The molecule has 276 valence electrons. The van der Waals surface area contributed by atoms with Gasteiger partial charge in [-0.1, -0.05) is 35.9 Å². The summed E-state index contributed by atoms with van der Waals surface area (Å²) in [5.41, 5.74) is 0.841. The van der Waals surface area contributed by atoms with E-state index < -0.39 is 38.8 Å². The van der Waals surface area contributed by atoms with Gasteiger partial charge in [0, 0.05) is 24.2 Å². The van der Waals surface area contributed by atoms with Gasteiger partial charge in [-0.3, -0.25) is 9.59 Å². The summed E-state index contributed by atoms with van der Waals surface area (Å²) in [4.78, 5) is 31.1. The first-order chi connectivity index (χ1) is 25.1. The Hall–Kier alpha value is -2.91. The van der Waals surface area contributed by atoms with Gasteiger partial charge in [-0.15, -0.1) is 0 Å². The summed E-state index contributed by atoms with van der Waals surface area (Å²) in [7, 11) is -3.79. The van der Waals surface area contributed by atoms with Gasteiger partial charge in [-0.25, -0.2) is 8.42 Å². The minimum absolute atomic E-state index is 0.160. The molecule has 0 aromatic heterocycles. The van der Waals surface area contributed by atoms with Crippen LogP contribution >= 0.6 is 0 Å². The second kappa shape index (κ2) is 11.3. The van der Waals surface area contributed by atoms with Crippen LogP contribution in [-0.2, 0) is 34.5 Å². The molecule has 2 aromatic carbocycles. The summed E-state index contributed by atoms with van der Waals surface area (Å²) in [6, 6.07) is 14.7. The van der Waals surface area contributed by atoms with Crippen LogP contribution in [0.2, 0.25) is 0 Å². The molecule has 1 N–H and O–H groups in total. The van der Waals surface area contributed by atoms with Crippen molar-refractivity contribution in [2.24, 2.45) is 58.7 Å². The molecule has 52 heavy (non-hydrogen) atoms. The lowest BCUT2D eigenvalue weighted by molar-refractivity contribution is -0.199. The Balaban J connectivity index is 0.988. The Morgan fingerprint density at radius 2 is 1.25 bits per heavy atom. The van der Waals surface area contributed by atoms with Crippen molar-refractivity contribution in [3.05, 3.63) is 59.7 Å². The smallest absolute Gasteiger partial charge is 0.325 e. The summed E-state index contributed by atoms with van der Waals surface area (Å²) in [6.45, 7) is 2.50.